The second-order valence-corrected chi connectivity index (χ2v) is 4.71. The van der Waals surface area contributed by atoms with Gasteiger partial charge in [-0.15, -0.1) is 0 Å². The van der Waals surface area contributed by atoms with E-state index in [-0.39, 0.29) is 0 Å². The van der Waals surface area contributed by atoms with Crippen LogP contribution in [0.2, 0.25) is 0 Å². The van der Waals surface area contributed by atoms with E-state index in [2.05, 4.69) is 30.4 Å². The number of nitrogens with one attached hydrogen (secondary N) is 2. The molecule has 1 aromatic carbocycles. The Labute approximate surface area is 123 Å². The Hall–Kier alpha value is -2.87. The lowest BCUT2D eigenvalue weighted by Gasteiger charge is -1.98. The van der Waals surface area contributed by atoms with Crippen molar-refractivity contribution in [2.45, 2.75) is 0 Å². The molecule has 0 fully saturated rings. The molecule has 0 aliphatic carbocycles. The van der Waals surface area contributed by atoms with Gasteiger partial charge in [0.25, 0.3) is 0 Å². The third-order valence-corrected chi connectivity index (χ3v) is 3.27. The lowest BCUT2D eigenvalue weighted by molar-refractivity contribution is 0.916. The number of aromatic amines is 1. The molecule has 7 nitrogen and oxygen atoms in total. The molecule has 0 unspecified atom stereocenters. The van der Waals surface area contributed by atoms with Crippen LogP contribution in [-0.4, -0.2) is 29.5 Å². The SMILES string of the molecule is S=c1nc2ccccc2c2nc(Nc3ncccn3)[nH]n12. The molecule has 102 valence electrons. The molecule has 0 saturated carbocycles. The predicted molar refractivity (Wildman–Crippen MR) is 81.0 cm³/mol. The Morgan fingerprint density at radius 2 is 1.86 bits per heavy atom. The van der Waals surface area contributed by atoms with Crippen LogP contribution in [-0.2, 0) is 0 Å². The molecular weight excluding hydrogens is 286 g/mol. The number of hydrogen-bond donors (Lipinski definition) is 2. The van der Waals surface area contributed by atoms with Gasteiger partial charge in [0.2, 0.25) is 16.7 Å². The molecule has 0 amide bonds. The molecule has 8 heteroatoms. The van der Waals surface area contributed by atoms with E-state index in [1.54, 1.807) is 23.0 Å². The van der Waals surface area contributed by atoms with Crippen molar-refractivity contribution in [3.63, 3.8) is 0 Å². The standard InChI is InChI=1S/C13H9N7S/c21-13-16-9-5-2-1-4-8(9)10-17-12(19-20(10)13)18-11-14-6-3-7-15-11/h1-7H,(H2,14,15,17,18,19). The van der Waals surface area contributed by atoms with Crippen molar-refractivity contribution in [1.82, 2.24) is 29.5 Å². The summed E-state index contributed by atoms with van der Waals surface area (Å²) in [5, 5.41) is 6.97. The fourth-order valence-electron chi connectivity index (χ4n) is 2.10. The average Bonchev–Trinajstić information content (AvgIpc) is 2.93. The Kier molecular flexibility index (Phi) is 2.61. The number of aromatic nitrogens is 6. The summed E-state index contributed by atoms with van der Waals surface area (Å²) >= 11 is 5.28. The summed E-state index contributed by atoms with van der Waals surface area (Å²) in [6, 6.07) is 9.47. The molecule has 0 bridgehead atoms. The zero-order valence-corrected chi connectivity index (χ0v) is 11.5. The Balaban J connectivity index is 1.91. The molecule has 4 aromatic rings. The summed E-state index contributed by atoms with van der Waals surface area (Å²) in [6.45, 7) is 0. The molecule has 4 rings (SSSR count). The van der Waals surface area contributed by atoms with Gasteiger partial charge in [-0.2, -0.15) is 4.98 Å². The highest BCUT2D eigenvalue weighted by molar-refractivity contribution is 7.71. The van der Waals surface area contributed by atoms with Gasteiger partial charge < -0.3 is 0 Å². The lowest BCUT2D eigenvalue weighted by Crippen LogP contribution is -1.98. The van der Waals surface area contributed by atoms with Crippen LogP contribution < -0.4 is 5.32 Å². The zero-order valence-electron chi connectivity index (χ0n) is 10.7. The third kappa shape index (κ3) is 2.01. The second kappa shape index (κ2) is 4.60. The average molecular weight is 295 g/mol. The molecule has 0 saturated heterocycles. The summed E-state index contributed by atoms with van der Waals surface area (Å²) < 4.78 is 2.07. The second-order valence-electron chi connectivity index (χ2n) is 4.34. The number of rotatable bonds is 2. The molecule has 0 spiro atoms. The van der Waals surface area contributed by atoms with Crippen LogP contribution >= 0.6 is 12.2 Å². The largest absolute Gasteiger partial charge is 0.293 e. The molecule has 0 atom stereocenters. The van der Waals surface area contributed by atoms with Crippen LogP contribution in [0.5, 0.6) is 0 Å². The van der Waals surface area contributed by atoms with E-state index in [0.29, 0.717) is 22.3 Å². The molecular formula is C13H9N7S. The minimum atomic E-state index is 0.415. The van der Waals surface area contributed by atoms with Crippen molar-refractivity contribution in [1.29, 1.82) is 0 Å². The number of anilines is 2. The highest BCUT2D eigenvalue weighted by atomic mass is 32.1. The van der Waals surface area contributed by atoms with Gasteiger partial charge in [-0.05, 0) is 30.4 Å². The van der Waals surface area contributed by atoms with Gasteiger partial charge in [-0.3, -0.25) is 10.4 Å². The Bertz CT molecular complexity index is 990. The number of nitrogens with zero attached hydrogens (tertiary/aromatic N) is 5. The molecule has 21 heavy (non-hydrogen) atoms. The van der Waals surface area contributed by atoms with Crippen molar-refractivity contribution in [3.8, 4) is 0 Å². The van der Waals surface area contributed by atoms with E-state index in [1.807, 2.05) is 24.3 Å². The summed E-state index contributed by atoms with van der Waals surface area (Å²) in [6.07, 6.45) is 3.31. The van der Waals surface area contributed by atoms with Crippen LogP contribution in [0.3, 0.4) is 0 Å². The third-order valence-electron chi connectivity index (χ3n) is 3.00. The van der Waals surface area contributed by atoms with Gasteiger partial charge in [0.15, 0.2) is 5.65 Å². The maximum absolute atomic E-state index is 5.28. The van der Waals surface area contributed by atoms with Crippen LogP contribution in [0.4, 0.5) is 11.9 Å². The van der Waals surface area contributed by atoms with Crippen molar-refractivity contribution in [3.05, 3.63) is 47.5 Å². The van der Waals surface area contributed by atoms with E-state index in [9.17, 15) is 0 Å². The minimum absolute atomic E-state index is 0.415. The van der Waals surface area contributed by atoms with E-state index in [4.69, 9.17) is 12.2 Å². The van der Waals surface area contributed by atoms with E-state index >= 15 is 0 Å². The maximum atomic E-state index is 5.28. The maximum Gasteiger partial charge on any atom is 0.229 e. The molecule has 2 N–H and O–H groups in total. The number of H-pyrrole nitrogens is 1. The topological polar surface area (TPSA) is 83.8 Å². The quantitative estimate of drug-likeness (QED) is 0.553. The van der Waals surface area contributed by atoms with Crippen LogP contribution in [0.25, 0.3) is 16.6 Å². The fraction of sp³-hybridized carbons (Fsp3) is 0. The van der Waals surface area contributed by atoms with Crippen molar-refractivity contribution >= 4 is 40.7 Å². The lowest BCUT2D eigenvalue weighted by atomic mass is 10.2. The van der Waals surface area contributed by atoms with Gasteiger partial charge in [-0.25, -0.2) is 19.5 Å². The minimum Gasteiger partial charge on any atom is -0.293 e. The number of para-hydroxylation sites is 1. The van der Waals surface area contributed by atoms with Crippen LogP contribution in [0, 0.1) is 4.77 Å². The first-order valence-electron chi connectivity index (χ1n) is 6.23. The predicted octanol–water partition coefficient (Wildman–Crippen LogP) is 2.47. The number of fused-ring (bicyclic) bond motifs is 3. The van der Waals surface area contributed by atoms with Crippen LogP contribution in [0.1, 0.15) is 0 Å². The smallest absolute Gasteiger partial charge is 0.229 e. The highest BCUT2D eigenvalue weighted by Gasteiger charge is 2.09. The Morgan fingerprint density at radius 3 is 2.71 bits per heavy atom. The van der Waals surface area contributed by atoms with E-state index < -0.39 is 0 Å². The van der Waals surface area contributed by atoms with Crippen molar-refractivity contribution in [2.24, 2.45) is 0 Å². The molecule has 0 aliphatic rings. The normalized spacial score (nSPS) is 11.0. The summed E-state index contributed by atoms with van der Waals surface area (Å²) in [5.74, 6) is 0.964. The zero-order chi connectivity index (χ0) is 14.2. The van der Waals surface area contributed by atoms with Crippen molar-refractivity contribution in [2.75, 3.05) is 5.32 Å². The van der Waals surface area contributed by atoms with Crippen LogP contribution in [0.15, 0.2) is 42.7 Å². The fourth-order valence-corrected chi connectivity index (χ4v) is 2.33. The first kappa shape index (κ1) is 11.9. The van der Waals surface area contributed by atoms with E-state index in [0.717, 1.165) is 10.9 Å². The summed E-state index contributed by atoms with van der Waals surface area (Å²) in [5.41, 5.74) is 1.53. The molecule has 3 heterocycles. The highest BCUT2D eigenvalue weighted by Crippen LogP contribution is 2.18. The number of hydrogen-bond acceptors (Lipinski definition) is 6. The Morgan fingerprint density at radius 1 is 1.05 bits per heavy atom. The van der Waals surface area contributed by atoms with Gasteiger partial charge in [-0.1, -0.05) is 12.1 Å². The van der Waals surface area contributed by atoms with Gasteiger partial charge in [0.1, 0.15) is 0 Å². The molecule has 0 radical (unpaired) electrons. The molecule has 0 aliphatic heterocycles. The summed E-state index contributed by atoms with van der Waals surface area (Å²) in [4.78, 5) is 17.1. The van der Waals surface area contributed by atoms with Gasteiger partial charge in [0, 0.05) is 17.8 Å². The number of benzene rings is 1. The van der Waals surface area contributed by atoms with E-state index in [1.165, 1.54) is 0 Å². The first-order valence-corrected chi connectivity index (χ1v) is 6.64. The monoisotopic (exact) mass is 295 g/mol. The first-order chi connectivity index (χ1) is 10.3. The van der Waals surface area contributed by atoms with Gasteiger partial charge in [0.05, 0.1) is 5.52 Å². The molecule has 3 aromatic heterocycles. The summed E-state index contributed by atoms with van der Waals surface area (Å²) in [7, 11) is 0. The van der Waals surface area contributed by atoms with Gasteiger partial charge >= 0.3 is 0 Å². The van der Waals surface area contributed by atoms with Crippen molar-refractivity contribution < 1.29 is 0 Å².